The first-order valence-corrected chi connectivity index (χ1v) is 6.70. The number of anilines is 2. The minimum Gasteiger partial charge on any atom is -0.388 e. The molecule has 5 heteroatoms. The molecule has 20 heavy (non-hydrogen) atoms. The largest absolute Gasteiger partial charge is 0.388 e. The Balaban J connectivity index is 2.02. The van der Waals surface area contributed by atoms with Crippen molar-refractivity contribution < 1.29 is 9.59 Å². The molecule has 0 spiro atoms. The molecule has 5 nitrogen and oxygen atoms in total. The van der Waals surface area contributed by atoms with Crippen LogP contribution in [-0.2, 0) is 16.0 Å². The molecule has 0 saturated heterocycles. The Hall–Kier alpha value is -2.35. The van der Waals surface area contributed by atoms with E-state index in [1.807, 2.05) is 19.2 Å². The van der Waals surface area contributed by atoms with Crippen molar-refractivity contribution in [3.8, 4) is 6.07 Å². The summed E-state index contributed by atoms with van der Waals surface area (Å²) in [5, 5.41) is 12.2. The Morgan fingerprint density at radius 1 is 1.40 bits per heavy atom. The lowest BCUT2D eigenvalue weighted by atomic mass is 9.97. The number of carbonyl (C=O) groups is 2. The van der Waals surface area contributed by atoms with E-state index in [1.165, 1.54) is 4.90 Å². The number of hydrogen-bond donors (Lipinski definition) is 1. The van der Waals surface area contributed by atoms with E-state index in [9.17, 15) is 9.59 Å². The molecule has 0 radical (unpaired) electrons. The van der Waals surface area contributed by atoms with Gasteiger partial charge in [-0.05, 0) is 43.0 Å². The predicted octanol–water partition coefficient (Wildman–Crippen LogP) is 1.84. The molecule has 0 aromatic heterocycles. The van der Waals surface area contributed by atoms with Crippen molar-refractivity contribution in [2.24, 2.45) is 5.41 Å². The number of hydrogen-bond acceptors (Lipinski definition) is 4. The first-order valence-electron chi connectivity index (χ1n) is 6.70. The van der Waals surface area contributed by atoms with Crippen LogP contribution in [0.15, 0.2) is 18.2 Å². The van der Waals surface area contributed by atoms with Gasteiger partial charge in [0.25, 0.3) is 5.91 Å². The van der Waals surface area contributed by atoms with E-state index in [4.69, 9.17) is 5.26 Å². The molecule has 1 N–H and O–H groups in total. The molecular weight excluding hydrogens is 254 g/mol. The van der Waals surface area contributed by atoms with Crippen LogP contribution in [0.4, 0.5) is 11.4 Å². The van der Waals surface area contributed by atoms with E-state index in [1.54, 1.807) is 6.07 Å². The van der Waals surface area contributed by atoms with Gasteiger partial charge in [0.1, 0.15) is 5.41 Å². The first-order chi connectivity index (χ1) is 9.61. The topological polar surface area (TPSA) is 73.2 Å². The van der Waals surface area contributed by atoms with Crippen LogP contribution >= 0.6 is 0 Å². The highest BCUT2D eigenvalue weighted by Gasteiger charge is 2.54. The molecule has 1 saturated carbocycles. The molecule has 3 rings (SSSR count). The standard InChI is InChI=1S/C15H15N3O2/c1-17-11-3-4-12-10(8-11)2-5-13(19)18(12)14(20)15(9-16)6-7-15/h3-4,8,17H,2,5-7H2,1H3. The molecule has 1 aromatic carbocycles. The van der Waals surface area contributed by atoms with Crippen LogP contribution in [0.2, 0.25) is 0 Å². The van der Waals surface area contributed by atoms with Crippen LogP contribution in [0.25, 0.3) is 0 Å². The van der Waals surface area contributed by atoms with Gasteiger partial charge in [0.15, 0.2) is 0 Å². The summed E-state index contributed by atoms with van der Waals surface area (Å²) < 4.78 is 0. The SMILES string of the molecule is CNc1ccc2c(c1)CCC(=O)N2C(=O)C1(C#N)CC1. The van der Waals surface area contributed by atoms with Gasteiger partial charge < -0.3 is 5.32 Å². The van der Waals surface area contributed by atoms with Gasteiger partial charge in [-0.25, -0.2) is 4.90 Å². The number of rotatable bonds is 2. The Bertz CT molecular complexity index is 641. The Kier molecular flexibility index (Phi) is 2.75. The molecule has 0 bridgehead atoms. The van der Waals surface area contributed by atoms with Gasteiger partial charge in [-0.1, -0.05) is 0 Å². The average molecular weight is 269 g/mol. The Labute approximate surface area is 117 Å². The summed E-state index contributed by atoms with van der Waals surface area (Å²) in [5.74, 6) is -0.565. The second-order valence-corrected chi connectivity index (χ2v) is 5.32. The van der Waals surface area contributed by atoms with E-state index in [2.05, 4.69) is 11.4 Å². The van der Waals surface area contributed by atoms with E-state index >= 15 is 0 Å². The molecule has 102 valence electrons. The second kappa shape index (κ2) is 4.34. The molecule has 2 amide bonds. The molecule has 0 unspecified atom stereocenters. The van der Waals surface area contributed by atoms with Crippen LogP contribution in [0.3, 0.4) is 0 Å². The zero-order valence-electron chi connectivity index (χ0n) is 11.3. The lowest BCUT2D eigenvalue weighted by molar-refractivity contribution is -0.128. The minimum absolute atomic E-state index is 0.207. The maximum absolute atomic E-state index is 12.5. The average Bonchev–Trinajstić information content (AvgIpc) is 3.27. The van der Waals surface area contributed by atoms with Crippen molar-refractivity contribution in [2.45, 2.75) is 25.7 Å². The third kappa shape index (κ3) is 1.76. The van der Waals surface area contributed by atoms with Crippen molar-refractivity contribution in [1.29, 1.82) is 5.26 Å². The fourth-order valence-corrected chi connectivity index (χ4v) is 2.58. The maximum Gasteiger partial charge on any atom is 0.254 e. The summed E-state index contributed by atoms with van der Waals surface area (Å²) in [5.41, 5.74) is 1.59. The number of nitriles is 1. The quantitative estimate of drug-likeness (QED) is 0.831. The molecule has 2 aliphatic rings. The number of fused-ring (bicyclic) bond motifs is 1. The van der Waals surface area contributed by atoms with Crippen LogP contribution in [0.1, 0.15) is 24.8 Å². The zero-order chi connectivity index (χ0) is 14.3. The van der Waals surface area contributed by atoms with Gasteiger partial charge in [-0.15, -0.1) is 0 Å². The molecule has 1 heterocycles. The molecule has 1 fully saturated rings. The minimum atomic E-state index is -0.966. The van der Waals surface area contributed by atoms with Crippen LogP contribution < -0.4 is 10.2 Å². The normalized spacial score (nSPS) is 19.0. The van der Waals surface area contributed by atoms with Crippen molar-refractivity contribution >= 4 is 23.2 Å². The van der Waals surface area contributed by atoms with Gasteiger partial charge in [0.05, 0.1) is 11.8 Å². The molecular formula is C15H15N3O2. The number of amides is 2. The van der Waals surface area contributed by atoms with Gasteiger partial charge in [-0.2, -0.15) is 5.26 Å². The lowest BCUT2D eigenvalue weighted by Crippen LogP contribution is -2.44. The summed E-state index contributed by atoms with van der Waals surface area (Å²) in [6.07, 6.45) is 2.05. The first kappa shape index (κ1) is 12.7. The van der Waals surface area contributed by atoms with E-state index in [0.717, 1.165) is 11.3 Å². The van der Waals surface area contributed by atoms with Crippen molar-refractivity contribution in [2.75, 3.05) is 17.3 Å². The fourth-order valence-electron chi connectivity index (χ4n) is 2.58. The van der Waals surface area contributed by atoms with Crippen LogP contribution in [-0.4, -0.2) is 18.9 Å². The maximum atomic E-state index is 12.5. The second-order valence-electron chi connectivity index (χ2n) is 5.32. The zero-order valence-corrected chi connectivity index (χ0v) is 11.3. The smallest absolute Gasteiger partial charge is 0.254 e. The van der Waals surface area contributed by atoms with E-state index in [0.29, 0.717) is 31.4 Å². The number of aryl methyl sites for hydroxylation is 1. The van der Waals surface area contributed by atoms with Gasteiger partial charge in [0.2, 0.25) is 5.91 Å². The Morgan fingerprint density at radius 3 is 2.75 bits per heavy atom. The van der Waals surface area contributed by atoms with Crippen LogP contribution in [0.5, 0.6) is 0 Å². The highest BCUT2D eigenvalue weighted by Crippen LogP contribution is 2.48. The molecule has 1 aromatic rings. The molecule has 0 atom stereocenters. The lowest BCUT2D eigenvalue weighted by Gasteiger charge is -2.29. The number of benzene rings is 1. The monoisotopic (exact) mass is 269 g/mol. The number of nitrogens with one attached hydrogen (secondary N) is 1. The van der Waals surface area contributed by atoms with E-state index in [-0.39, 0.29) is 11.8 Å². The molecule has 1 aliphatic carbocycles. The van der Waals surface area contributed by atoms with Crippen molar-refractivity contribution in [3.05, 3.63) is 23.8 Å². The Morgan fingerprint density at radius 2 is 2.15 bits per heavy atom. The fraction of sp³-hybridized carbons (Fsp3) is 0.400. The summed E-state index contributed by atoms with van der Waals surface area (Å²) in [7, 11) is 1.83. The summed E-state index contributed by atoms with van der Waals surface area (Å²) >= 11 is 0. The number of nitrogens with zero attached hydrogens (tertiary/aromatic N) is 2. The van der Waals surface area contributed by atoms with Crippen molar-refractivity contribution in [3.63, 3.8) is 0 Å². The predicted molar refractivity (Wildman–Crippen MR) is 74.1 cm³/mol. The number of carbonyl (C=O) groups excluding carboxylic acids is 2. The summed E-state index contributed by atoms with van der Waals surface area (Å²) in [4.78, 5) is 25.8. The highest BCUT2D eigenvalue weighted by molar-refractivity contribution is 6.19. The van der Waals surface area contributed by atoms with Crippen molar-refractivity contribution in [1.82, 2.24) is 0 Å². The van der Waals surface area contributed by atoms with E-state index < -0.39 is 5.41 Å². The van der Waals surface area contributed by atoms with Gasteiger partial charge in [-0.3, -0.25) is 9.59 Å². The van der Waals surface area contributed by atoms with Crippen LogP contribution in [0, 0.1) is 16.7 Å². The number of imide groups is 1. The molecule has 1 aliphatic heterocycles. The summed E-state index contributed by atoms with van der Waals surface area (Å²) in [6.45, 7) is 0. The van der Waals surface area contributed by atoms with Gasteiger partial charge in [0, 0.05) is 19.2 Å². The third-order valence-electron chi connectivity index (χ3n) is 4.04. The highest BCUT2D eigenvalue weighted by atomic mass is 16.2. The van der Waals surface area contributed by atoms with Gasteiger partial charge >= 0.3 is 0 Å². The summed E-state index contributed by atoms with van der Waals surface area (Å²) in [6, 6.07) is 7.64. The third-order valence-corrected chi connectivity index (χ3v) is 4.04.